The molecule has 1 N–H and O–H groups in total. The van der Waals surface area contributed by atoms with Crippen LogP contribution < -0.4 is 5.32 Å². The van der Waals surface area contributed by atoms with Gasteiger partial charge in [-0.1, -0.05) is 18.2 Å². The van der Waals surface area contributed by atoms with Gasteiger partial charge in [-0.15, -0.1) is 12.3 Å². The Morgan fingerprint density at radius 2 is 2.20 bits per heavy atom. The van der Waals surface area contributed by atoms with E-state index in [0.29, 0.717) is 17.9 Å². The zero-order valence-electron chi connectivity index (χ0n) is 11.6. The quantitative estimate of drug-likeness (QED) is 0.847. The van der Waals surface area contributed by atoms with Gasteiger partial charge in [0.1, 0.15) is 0 Å². The summed E-state index contributed by atoms with van der Waals surface area (Å²) in [5.74, 6) is 3.98. The molecule has 1 aromatic rings. The van der Waals surface area contributed by atoms with Crippen LogP contribution in [0.25, 0.3) is 0 Å². The first kappa shape index (κ1) is 13.2. The van der Waals surface area contributed by atoms with Crippen molar-refractivity contribution in [2.45, 2.75) is 18.9 Å². The second-order valence-electron chi connectivity index (χ2n) is 5.78. The standard InChI is InChI=1S/C17H20N2O/c1-2-13-12-19-9-8-15(13)10-16(19)11-18-17(20)14-6-4-3-5-7-14/h1,3-7,13,15-16H,8-12H2,(H,18,20). The maximum atomic E-state index is 12.1. The van der Waals surface area contributed by atoms with Gasteiger partial charge in [0.25, 0.3) is 5.91 Å². The van der Waals surface area contributed by atoms with E-state index in [-0.39, 0.29) is 5.91 Å². The van der Waals surface area contributed by atoms with Gasteiger partial charge in [0.15, 0.2) is 0 Å². The molecule has 1 aromatic carbocycles. The minimum atomic E-state index is 0.0155. The first-order chi connectivity index (χ1) is 9.78. The predicted octanol–water partition coefficient (Wildman–Crippen LogP) is 1.76. The molecule has 104 valence electrons. The number of benzene rings is 1. The molecule has 0 aromatic heterocycles. The molecular weight excluding hydrogens is 248 g/mol. The lowest BCUT2D eigenvalue weighted by atomic mass is 9.76. The number of carbonyl (C=O) groups excluding carboxylic acids is 1. The lowest BCUT2D eigenvalue weighted by Crippen LogP contribution is -2.56. The van der Waals surface area contributed by atoms with E-state index >= 15 is 0 Å². The van der Waals surface area contributed by atoms with Crippen molar-refractivity contribution in [3.8, 4) is 12.3 Å². The largest absolute Gasteiger partial charge is 0.350 e. The second-order valence-corrected chi connectivity index (χ2v) is 5.78. The van der Waals surface area contributed by atoms with E-state index in [1.165, 1.54) is 6.42 Å². The van der Waals surface area contributed by atoms with E-state index in [4.69, 9.17) is 6.42 Å². The Balaban J connectivity index is 1.55. The third kappa shape index (κ3) is 2.57. The molecule has 3 heteroatoms. The molecule has 4 atom stereocenters. The number of nitrogens with zero attached hydrogens (tertiary/aromatic N) is 1. The fraction of sp³-hybridized carbons (Fsp3) is 0.471. The highest BCUT2D eigenvalue weighted by atomic mass is 16.1. The summed E-state index contributed by atoms with van der Waals surface area (Å²) in [6.07, 6.45) is 7.91. The van der Waals surface area contributed by atoms with E-state index in [1.807, 2.05) is 30.3 Å². The van der Waals surface area contributed by atoms with Gasteiger partial charge in [-0.25, -0.2) is 0 Å². The average molecular weight is 268 g/mol. The minimum Gasteiger partial charge on any atom is -0.350 e. The van der Waals surface area contributed by atoms with Gasteiger partial charge >= 0.3 is 0 Å². The lowest BCUT2D eigenvalue weighted by molar-refractivity contribution is 0.0227. The first-order valence-electron chi connectivity index (χ1n) is 7.31. The van der Waals surface area contributed by atoms with Crippen molar-refractivity contribution in [1.82, 2.24) is 10.2 Å². The zero-order chi connectivity index (χ0) is 13.9. The summed E-state index contributed by atoms with van der Waals surface area (Å²) in [7, 11) is 0. The highest BCUT2D eigenvalue weighted by molar-refractivity contribution is 5.94. The maximum absolute atomic E-state index is 12.1. The number of amides is 1. The normalized spacial score (nSPS) is 31.6. The van der Waals surface area contributed by atoms with Crippen LogP contribution >= 0.6 is 0 Å². The second kappa shape index (κ2) is 5.68. The van der Waals surface area contributed by atoms with E-state index in [0.717, 1.165) is 31.6 Å². The van der Waals surface area contributed by atoms with Crippen LogP contribution in [0.2, 0.25) is 0 Å². The minimum absolute atomic E-state index is 0.0155. The Kier molecular flexibility index (Phi) is 3.75. The van der Waals surface area contributed by atoms with Crippen LogP contribution in [-0.4, -0.2) is 36.5 Å². The van der Waals surface area contributed by atoms with Crippen molar-refractivity contribution in [1.29, 1.82) is 0 Å². The summed E-state index contributed by atoms with van der Waals surface area (Å²) in [5, 5.41) is 3.05. The molecule has 20 heavy (non-hydrogen) atoms. The van der Waals surface area contributed by atoms with Crippen LogP contribution in [0, 0.1) is 24.2 Å². The summed E-state index contributed by atoms with van der Waals surface area (Å²) in [6, 6.07) is 9.83. The van der Waals surface area contributed by atoms with Gasteiger partial charge < -0.3 is 5.32 Å². The Bertz CT molecular complexity index is 520. The molecule has 3 saturated heterocycles. The monoisotopic (exact) mass is 268 g/mol. The maximum Gasteiger partial charge on any atom is 0.251 e. The highest BCUT2D eigenvalue weighted by Crippen LogP contribution is 2.35. The van der Waals surface area contributed by atoms with E-state index in [1.54, 1.807) is 0 Å². The van der Waals surface area contributed by atoms with Crippen LogP contribution in [-0.2, 0) is 0 Å². The number of piperidine rings is 3. The summed E-state index contributed by atoms with van der Waals surface area (Å²) >= 11 is 0. The first-order valence-corrected chi connectivity index (χ1v) is 7.31. The molecule has 4 unspecified atom stereocenters. The van der Waals surface area contributed by atoms with Gasteiger partial charge in [0.2, 0.25) is 0 Å². The van der Waals surface area contributed by atoms with Gasteiger partial charge in [-0.2, -0.15) is 0 Å². The molecule has 0 radical (unpaired) electrons. The smallest absolute Gasteiger partial charge is 0.251 e. The van der Waals surface area contributed by atoms with Gasteiger partial charge in [0.05, 0.1) is 0 Å². The van der Waals surface area contributed by atoms with Crippen molar-refractivity contribution in [3.63, 3.8) is 0 Å². The van der Waals surface area contributed by atoms with Crippen LogP contribution in [0.5, 0.6) is 0 Å². The summed E-state index contributed by atoms with van der Waals surface area (Å²) in [5.41, 5.74) is 0.727. The number of hydrogen-bond acceptors (Lipinski definition) is 2. The van der Waals surface area contributed by atoms with Crippen molar-refractivity contribution in [2.75, 3.05) is 19.6 Å². The lowest BCUT2D eigenvalue weighted by Gasteiger charge is -2.48. The number of rotatable bonds is 3. The molecule has 1 amide bonds. The van der Waals surface area contributed by atoms with E-state index < -0.39 is 0 Å². The number of hydrogen-bond donors (Lipinski definition) is 1. The van der Waals surface area contributed by atoms with Crippen molar-refractivity contribution in [2.24, 2.45) is 11.8 Å². The molecule has 0 spiro atoms. The predicted molar refractivity (Wildman–Crippen MR) is 79.2 cm³/mol. The third-order valence-electron chi connectivity index (χ3n) is 4.63. The fourth-order valence-electron chi connectivity index (χ4n) is 3.44. The zero-order valence-corrected chi connectivity index (χ0v) is 11.6. The molecule has 3 aliphatic heterocycles. The van der Waals surface area contributed by atoms with Crippen LogP contribution in [0.4, 0.5) is 0 Å². The molecule has 3 fully saturated rings. The Morgan fingerprint density at radius 1 is 1.40 bits per heavy atom. The Labute approximate surface area is 120 Å². The Morgan fingerprint density at radius 3 is 2.85 bits per heavy atom. The molecule has 4 rings (SSSR count). The molecule has 3 aliphatic rings. The van der Waals surface area contributed by atoms with Crippen LogP contribution in [0.1, 0.15) is 23.2 Å². The number of carbonyl (C=O) groups is 1. The average Bonchev–Trinajstić information content (AvgIpc) is 2.53. The number of fused-ring (bicyclic) bond motifs is 3. The Hall–Kier alpha value is -1.79. The third-order valence-corrected chi connectivity index (χ3v) is 4.63. The number of nitrogens with one attached hydrogen (secondary N) is 1. The van der Waals surface area contributed by atoms with Crippen LogP contribution in [0.15, 0.2) is 30.3 Å². The molecule has 3 heterocycles. The van der Waals surface area contributed by atoms with E-state index in [2.05, 4.69) is 16.1 Å². The topological polar surface area (TPSA) is 32.3 Å². The summed E-state index contributed by atoms with van der Waals surface area (Å²) in [6.45, 7) is 2.84. The van der Waals surface area contributed by atoms with Gasteiger partial charge in [-0.05, 0) is 37.4 Å². The van der Waals surface area contributed by atoms with Crippen molar-refractivity contribution >= 4 is 5.91 Å². The molecule has 3 nitrogen and oxygen atoms in total. The molecule has 2 bridgehead atoms. The SMILES string of the molecule is C#CC1CN2CCC1CC2CNC(=O)c1ccccc1. The summed E-state index contributed by atoms with van der Waals surface area (Å²) in [4.78, 5) is 14.5. The highest BCUT2D eigenvalue weighted by Gasteiger charge is 2.39. The number of terminal acetylenes is 1. The molecular formula is C17H20N2O. The van der Waals surface area contributed by atoms with Gasteiger partial charge in [0, 0.05) is 30.6 Å². The van der Waals surface area contributed by atoms with Crippen LogP contribution in [0.3, 0.4) is 0 Å². The summed E-state index contributed by atoms with van der Waals surface area (Å²) < 4.78 is 0. The molecule has 0 aliphatic carbocycles. The van der Waals surface area contributed by atoms with Gasteiger partial charge in [-0.3, -0.25) is 9.69 Å². The molecule has 0 saturated carbocycles. The van der Waals surface area contributed by atoms with E-state index in [9.17, 15) is 4.79 Å². The van der Waals surface area contributed by atoms with Crippen molar-refractivity contribution in [3.05, 3.63) is 35.9 Å². The van der Waals surface area contributed by atoms with Crippen molar-refractivity contribution < 1.29 is 4.79 Å². The fourth-order valence-corrected chi connectivity index (χ4v) is 3.44.